The van der Waals surface area contributed by atoms with Crippen molar-refractivity contribution in [2.45, 2.75) is 26.8 Å². The average Bonchev–Trinajstić information content (AvgIpc) is 2.16. The van der Waals surface area contributed by atoms with E-state index in [1.54, 1.807) is 0 Å². The van der Waals surface area contributed by atoms with Crippen molar-refractivity contribution < 1.29 is 0 Å². The van der Waals surface area contributed by atoms with Crippen molar-refractivity contribution in [3.8, 4) is 0 Å². The topological polar surface area (TPSA) is 15.3 Å². The smallest absolute Gasteiger partial charge is 0.0372 e. The van der Waals surface area contributed by atoms with E-state index in [2.05, 4.69) is 49.2 Å². The lowest BCUT2D eigenvalue weighted by Crippen LogP contribution is -2.49. The summed E-state index contributed by atoms with van der Waals surface area (Å²) in [5, 5.41) is 3.47. The number of hydrogen-bond donors (Lipinski definition) is 1. The van der Waals surface area contributed by atoms with E-state index in [9.17, 15) is 0 Å². The summed E-state index contributed by atoms with van der Waals surface area (Å²) in [6, 6.07) is 7.39. The highest BCUT2D eigenvalue weighted by Gasteiger charge is 2.15. The molecule has 1 atom stereocenters. The van der Waals surface area contributed by atoms with Crippen LogP contribution in [-0.2, 0) is 0 Å². The van der Waals surface area contributed by atoms with Gasteiger partial charge >= 0.3 is 0 Å². The summed E-state index contributed by atoms with van der Waals surface area (Å²) in [5.41, 5.74) is 4.09. The fourth-order valence-electron chi connectivity index (χ4n) is 2.30. The number of anilines is 1. The third kappa shape index (κ3) is 2.51. The summed E-state index contributed by atoms with van der Waals surface area (Å²) in [5.74, 6) is 0. The molecule has 82 valence electrons. The predicted octanol–water partition coefficient (Wildman–Crippen LogP) is 2.10. The minimum atomic E-state index is 0.597. The van der Waals surface area contributed by atoms with Crippen LogP contribution in [0.2, 0.25) is 0 Å². The van der Waals surface area contributed by atoms with Gasteiger partial charge in [-0.15, -0.1) is 0 Å². The Morgan fingerprint density at radius 3 is 2.47 bits per heavy atom. The van der Waals surface area contributed by atoms with E-state index in [-0.39, 0.29) is 0 Å². The second kappa shape index (κ2) is 4.23. The number of benzene rings is 1. The molecular formula is C13H20N2. The Morgan fingerprint density at radius 1 is 1.20 bits per heavy atom. The maximum atomic E-state index is 3.47. The van der Waals surface area contributed by atoms with Crippen molar-refractivity contribution in [3.05, 3.63) is 29.3 Å². The van der Waals surface area contributed by atoms with Gasteiger partial charge < -0.3 is 10.2 Å². The van der Waals surface area contributed by atoms with E-state index in [0.29, 0.717) is 6.04 Å². The van der Waals surface area contributed by atoms with Crippen LogP contribution in [0, 0.1) is 13.8 Å². The number of aryl methyl sites for hydroxylation is 2. The Morgan fingerprint density at radius 2 is 1.87 bits per heavy atom. The lowest BCUT2D eigenvalue weighted by atomic mass is 10.1. The first-order valence-electron chi connectivity index (χ1n) is 5.72. The Bertz CT molecular complexity index is 326. The molecule has 0 radical (unpaired) electrons. The van der Waals surface area contributed by atoms with Crippen LogP contribution in [0.15, 0.2) is 18.2 Å². The van der Waals surface area contributed by atoms with Crippen molar-refractivity contribution >= 4 is 5.69 Å². The van der Waals surface area contributed by atoms with Crippen LogP contribution in [0.5, 0.6) is 0 Å². The van der Waals surface area contributed by atoms with Crippen molar-refractivity contribution in [2.24, 2.45) is 0 Å². The number of hydrogen-bond acceptors (Lipinski definition) is 2. The Balaban J connectivity index is 2.20. The summed E-state index contributed by atoms with van der Waals surface area (Å²) in [6.45, 7) is 9.91. The maximum Gasteiger partial charge on any atom is 0.0372 e. The maximum absolute atomic E-state index is 3.47. The van der Waals surface area contributed by atoms with Gasteiger partial charge in [-0.25, -0.2) is 0 Å². The monoisotopic (exact) mass is 204 g/mol. The number of piperazine rings is 1. The van der Waals surface area contributed by atoms with Crippen molar-refractivity contribution in [2.75, 3.05) is 24.5 Å². The second-order valence-electron chi connectivity index (χ2n) is 4.65. The van der Waals surface area contributed by atoms with E-state index in [1.165, 1.54) is 16.8 Å². The highest BCUT2D eigenvalue weighted by atomic mass is 15.2. The van der Waals surface area contributed by atoms with Gasteiger partial charge in [0.25, 0.3) is 0 Å². The lowest BCUT2D eigenvalue weighted by molar-refractivity contribution is 0.485. The van der Waals surface area contributed by atoms with Crippen LogP contribution < -0.4 is 10.2 Å². The summed E-state index contributed by atoms with van der Waals surface area (Å²) >= 11 is 0. The van der Waals surface area contributed by atoms with Gasteiger partial charge in [0, 0.05) is 31.4 Å². The normalized spacial score (nSPS) is 21.8. The molecule has 0 spiro atoms. The highest BCUT2D eigenvalue weighted by molar-refractivity contribution is 5.51. The van der Waals surface area contributed by atoms with Crippen LogP contribution in [0.1, 0.15) is 18.1 Å². The summed E-state index contributed by atoms with van der Waals surface area (Å²) in [4.78, 5) is 2.47. The van der Waals surface area contributed by atoms with Gasteiger partial charge in [-0.05, 0) is 44.0 Å². The summed E-state index contributed by atoms with van der Waals surface area (Å²) in [7, 11) is 0. The number of nitrogens with zero attached hydrogens (tertiary/aromatic N) is 1. The summed E-state index contributed by atoms with van der Waals surface area (Å²) in [6.07, 6.45) is 0. The zero-order valence-corrected chi connectivity index (χ0v) is 9.88. The van der Waals surface area contributed by atoms with Gasteiger partial charge in [-0.2, -0.15) is 0 Å². The first-order chi connectivity index (χ1) is 7.15. The average molecular weight is 204 g/mol. The van der Waals surface area contributed by atoms with E-state index in [4.69, 9.17) is 0 Å². The van der Waals surface area contributed by atoms with E-state index in [0.717, 1.165) is 19.6 Å². The molecule has 1 aromatic carbocycles. The van der Waals surface area contributed by atoms with Crippen molar-refractivity contribution in [1.29, 1.82) is 0 Å². The molecule has 0 bridgehead atoms. The summed E-state index contributed by atoms with van der Waals surface area (Å²) < 4.78 is 0. The lowest BCUT2D eigenvalue weighted by Gasteiger charge is -2.34. The fourth-order valence-corrected chi connectivity index (χ4v) is 2.30. The third-order valence-corrected chi connectivity index (χ3v) is 2.94. The molecule has 0 aromatic heterocycles. The molecule has 1 aliphatic rings. The molecule has 1 saturated heterocycles. The number of rotatable bonds is 1. The van der Waals surface area contributed by atoms with E-state index in [1.807, 2.05) is 0 Å². The zero-order valence-electron chi connectivity index (χ0n) is 9.88. The van der Waals surface area contributed by atoms with E-state index >= 15 is 0 Å². The minimum Gasteiger partial charge on any atom is -0.369 e. The molecule has 2 rings (SSSR count). The molecule has 15 heavy (non-hydrogen) atoms. The SMILES string of the molecule is Cc1cc(C)cc(N2CCNC(C)C2)c1. The van der Waals surface area contributed by atoms with Crippen LogP contribution in [0.3, 0.4) is 0 Å². The van der Waals surface area contributed by atoms with E-state index < -0.39 is 0 Å². The second-order valence-corrected chi connectivity index (χ2v) is 4.65. The van der Waals surface area contributed by atoms with Crippen molar-refractivity contribution in [1.82, 2.24) is 5.32 Å². The Kier molecular flexibility index (Phi) is 2.96. The third-order valence-electron chi connectivity index (χ3n) is 2.94. The molecule has 1 heterocycles. The largest absolute Gasteiger partial charge is 0.369 e. The molecule has 0 saturated carbocycles. The minimum absolute atomic E-state index is 0.597. The molecule has 1 N–H and O–H groups in total. The van der Waals surface area contributed by atoms with Gasteiger partial charge in [0.2, 0.25) is 0 Å². The molecule has 2 nitrogen and oxygen atoms in total. The molecule has 1 unspecified atom stereocenters. The van der Waals surface area contributed by atoms with Gasteiger partial charge in [0.1, 0.15) is 0 Å². The zero-order chi connectivity index (χ0) is 10.8. The molecule has 1 aromatic rings. The van der Waals surface area contributed by atoms with Gasteiger partial charge in [-0.3, -0.25) is 0 Å². The number of nitrogens with one attached hydrogen (secondary N) is 1. The molecule has 0 aliphatic carbocycles. The Hall–Kier alpha value is -1.02. The van der Waals surface area contributed by atoms with Crippen LogP contribution in [0.4, 0.5) is 5.69 Å². The van der Waals surface area contributed by atoms with Crippen LogP contribution in [0.25, 0.3) is 0 Å². The molecular weight excluding hydrogens is 184 g/mol. The van der Waals surface area contributed by atoms with Gasteiger partial charge in [0.15, 0.2) is 0 Å². The first kappa shape index (κ1) is 10.5. The van der Waals surface area contributed by atoms with Crippen LogP contribution in [-0.4, -0.2) is 25.7 Å². The first-order valence-corrected chi connectivity index (χ1v) is 5.72. The molecule has 1 aliphatic heterocycles. The van der Waals surface area contributed by atoms with Gasteiger partial charge in [0.05, 0.1) is 0 Å². The molecule has 0 amide bonds. The molecule has 1 fully saturated rings. The predicted molar refractivity (Wildman–Crippen MR) is 65.6 cm³/mol. The van der Waals surface area contributed by atoms with Gasteiger partial charge in [-0.1, -0.05) is 6.07 Å². The highest BCUT2D eigenvalue weighted by Crippen LogP contribution is 2.19. The molecule has 2 heteroatoms. The fraction of sp³-hybridized carbons (Fsp3) is 0.538. The van der Waals surface area contributed by atoms with Crippen LogP contribution >= 0.6 is 0 Å². The standard InChI is InChI=1S/C13H20N2/c1-10-6-11(2)8-13(7-10)15-5-4-14-12(3)9-15/h6-8,12,14H,4-5,9H2,1-3H3. The quantitative estimate of drug-likeness (QED) is 0.753. The van der Waals surface area contributed by atoms with Crippen molar-refractivity contribution in [3.63, 3.8) is 0 Å². The Labute approximate surface area is 92.3 Å².